The fraction of sp³-hybridized carbons (Fsp3) is 0.0769. The van der Waals surface area contributed by atoms with Crippen LogP contribution in [0.15, 0.2) is 79.3 Å². The van der Waals surface area contributed by atoms with Crippen LogP contribution in [0.5, 0.6) is 5.75 Å². The summed E-state index contributed by atoms with van der Waals surface area (Å²) in [6, 6.07) is 16.3. The highest BCUT2D eigenvalue weighted by atomic mass is 79.9. The molecule has 5 rings (SSSR count). The van der Waals surface area contributed by atoms with E-state index < -0.39 is 10.9 Å². The van der Waals surface area contributed by atoms with Gasteiger partial charge in [-0.2, -0.15) is 0 Å². The van der Waals surface area contributed by atoms with Crippen LogP contribution in [0.3, 0.4) is 0 Å². The molecule has 0 N–H and O–H groups in total. The van der Waals surface area contributed by atoms with Crippen molar-refractivity contribution < 1.29 is 23.1 Å². The summed E-state index contributed by atoms with van der Waals surface area (Å²) in [4.78, 5) is 38.8. The second-order valence-electron chi connectivity index (χ2n) is 7.84. The van der Waals surface area contributed by atoms with Gasteiger partial charge in [-0.15, -0.1) is 0 Å². The van der Waals surface area contributed by atoms with E-state index >= 15 is 0 Å². The zero-order chi connectivity index (χ0) is 26.1. The molecule has 2 heterocycles. The number of carbonyl (C=O) groups excluding carboxylic acids is 2. The SMILES string of the molecule is O=C(CCN1C(=O)/C(=C\c2ccc(F)cc2)SC1=S)Oc1ccc2oc(=O)sc2c1-c1ccc(Br)cc1. The Labute approximate surface area is 231 Å². The average molecular weight is 617 g/mol. The number of ether oxygens (including phenoxy) is 1. The Morgan fingerprint density at radius 1 is 1.08 bits per heavy atom. The molecule has 0 atom stereocenters. The van der Waals surface area contributed by atoms with Crippen LogP contribution < -0.4 is 9.68 Å². The molecule has 0 bridgehead atoms. The van der Waals surface area contributed by atoms with Gasteiger partial charge in [-0.05, 0) is 53.6 Å². The number of rotatable bonds is 6. The summed E-state index contributed by atoms with van der Waals surface area (Å²) in [7, 11) is 0. The third kappa shape index (κ3) is 5.59. The van der Waals surface area contributed by atoms with Crippen LogP contribution in [0.1, 0.15) is 12.0 Å². The maximum Gasteiger partial charge on any atom is 0.396 e. The van der Waals surface area contributed by atoms with E-state index in [0.29, 0.717) is 30.6 Å². The van der Waals surface area contributed by atoms with Crippen molar-refractivity contribution in [1.82, 2.24) is 4.90 Å². The summed E-state index contributed by atoms with van der Waals surface area (Å²) in [5.41, 5.74) is 2.38. The third-order valence-electron chi connectivity index (χ3n) is 5.40. The van der Waals surface area contributed by atoms with E-state index in [1.54, 1.807) is 30.3 Å². The lowest BCUT2D eigenvalue weighted by atomic mass is 10.0. The molecule has 1 amide bonds. The molecule has 0 unspecified atom stereocenters. The fourth-order valence-corrected chi connectivity index (χ4v) is 6.08. The van der Waals surface area contributed by atoms with Crippen LogP contribution in [-0.2, 0) is 9.59 Å². The molecule has 0 saturated carbocycles. The smallest absolute Gasteiger partial charge is 0.396 e. The number of carbonyl (C=O) groups is 2. The van der Waals surface area contributed by atoms with Crippen molar-refractivity contribution in [3.63, 3.8) is 0 Å². The standard InChI is InChI=1S/C26H15BrFNO5S3/c27-16-5-3-15(4-6-16)22-18(9-10-19-23(22)37-26(32)34-19)33-21(30)11-12-29-24(31)20(36-25(29)35)13-14-1-7-17(28)8-2-14/h1-10,13H,11-12H2/b20-13+. The van der Waals surface area contributed by atoms with Crippen molar-refractivity contribution >= 4 is 83.8 Å². The van der Waals surface area contributed by atoms with Gasteiger partial charge in [-0.25, -0.2) is 9.18 Å². The van der Waals surface area contributed by atoms with Crippen LogP contribution >= 0.6 is 51.2 Å². The van der Waals surface area contributed by atoms with E-state index in [4.69, 9.17) is 21.4 Å². The van der Waals surface area contributed by atoms with Crippen LogP contribution in [0, 0.1) is 5.82 Å². The lowest BCUT2D eigenvalue weighted by molar-refractivity contribution is -0.134. The van der Waals surface area contributed by atoms with Crippen molar-refractivity contribution in [1.29, 1.82) is 0 Å². The van der Waals surface area contributed by atoms with Crippen LogP contribution in [0.25, 0.3) is 27.5 Å². The van der Waals surface area contributed by atoms with Gasteiger partial charge in [0, 0.05) is 16.6 Å². The van der Waals surface area contributed by atoms with Gasteiger partial charge in [-0.1, -0.05) is 75.5 Å². The zero-order valence-electron chi connectivity index (χ0n) is 18.7. The van der Waals surface area contributed by atoms with E-state index in [1.165, 1.54) is 17.0 Å². The molecule has 1 aromatic heterocycles. The summed E-state index contributed by atoms with van der Waals surface area (Å²) in [6.07, 6.45) is 1.53. The van der Waals surface area contributed by atoms with Gasteiger partial charge in [0.2, 0.25) is 0 Å². The first-order valence-electron chi connectivity index (χ1n) is 10.8. The number of esters is 1. The van der Waals surface area contributed by atoms with Crippen molar-refractivity contribution in [2.45, 2.75) is 6.42 Å². The predicted octanol–water partition coefficient (Wildman–Crippen LogP) is 6.62. The molecule has 0 aliphatic carbocycles. The Balaban J connectivity index is 1.33. The summed E-state index contributed by atoms with van der Waals surface area (Å²) in [5, 5.41) is 0. The van der Waals surface area contributed by atoms with Crippen molar-refractivity contribution in [2.24, 2.45) is 0 Å². The monoisotopic (exact) mass is 615 g/mol. The number of benzene rings is 3. The quantitative estimate of drug-likeness (QED) is 0.104. The largest absolute Gasteiger partial charge is 0.426 e. The van der Waals surface area contributed by atoms with E-state index in [2.05, 4.69) is 15.9 Å². The van der Waals surface area contributed by atoms with Gasteiger partial charge < -0.3 is 9.15 Å². The first kappa shape index (κ1) is 25.5. The lowest BCUT2D eigenvalue weighted by Crippen LogP contribution is -2.31. The summed E-state index contributed by atoms with van der Waals surface area (Å²) < 4.78 is 25.9. The number of hydrogen-bond acceptors (Lipinski definition) is 8. The minimum atomic E-state index is -0.565. The minimum Gasteiger partial charge on any atom is -0.426 e. The molecule has 1 saturated heterocycles. The number of fused-ring (bicyclic) bond motifs is 1. The molecule has 1 fully saturated rings. The molecule has 3 aromatic carbocycles. The number of hydrogen-bond donors (Lipinski definition) is 0. The molecule has 6 nitrogen and oxygen atoms in total. The second kappa shape index (κ2) is 10.7. The third-order valence-corrected chi connectivity index (χ3v) is 8.17. The second-order valence-corrected chi connectivity index (χ2v) is 11.4. The van der Waals surface area contributed by atoms with Crippen molar-refractivity contribution in [3.05, 3.63) is 91.2 Å². The van der Waals surface area contributed by atoms with E-state index in [1.807, 2.05) is 24.3 Å². The molecule has 0 spiro atoms. The summed E-state index contributed by atoms with van der Waals surface area (Å²) in [6.45, 7) is 0.0408. The molecule has 1 aliphatic heterocycles. The molecule has 37 heavy (non-hydrogen) atoms. The Morgan fingerprint density at radius 2 is 1.81 bits per heavy atom. The highest BCUT2D eigenvalue weighted by molar-refractivity contribution is 9.10. The Hall–Kier alpha value is -3.12. The number of nitrogens with zero attached hydrogens (tertiary/aromatic N) is 1. The predicted molar refractivity (Wildman–Crippen MR) is 150 cm³/mol. The van der Waals surface area contributed by atoms with E-state index in [9.17, 15) is 18.8 Å². The summed E-state index contributed by atoms with van der Waals surface area (Å²) >= 11 is 10.8. The van der Waals surface area contributed by atoms with Crippen LogP contribution in [-0.4, -0.2) is 27.6 Å². The molecular weight excluding hydrogens is 601 g/mol. The summed E-state index contributed by atoms with van der Waals surface area (Å²) in [5.74, 6) is -0.983. The highest BCUT2D eigenvalue weighted by Crippen LogP contribution is 2.39. The number of halogens is 2. The van der Waals surface area contributed by atoms with Gasteiger partial charge >= 0.3 is 10.9 Å². The van der Waals surface area contributed by atoms with E-state index in [-0.39, 0.29) is 30.4 Å². The molecule has 4 aromatic rings. The number of thiocarbonyl (C=S) groups is 1. The van der Waals surface area contributed by atoms with Gasteiger partial charge in [-0.3, -0.25) is 14.5 Å². The van der Waals surface area contributed by atoms with Gasteiger partial charge in [0.05, 0.1) is 16.0 Å². The minimum absolute atomic E-state index is 0.0408. The average Bonchev–Trinajstić information content (AvgIpc) is 3.37. The normalized spacial score (nSPS) is 14.6. The molecule has 0 radical (unpaired) electrons. The topological polar surface area (TPSA) is 76.8 Å². The highest BCUT2D eigenvalue weighted by Gasteiger charge is 2.32. The van der Waals surface area contributed by atoms with Gasteiger partial charge in [0.15, 0.2) is 0 Å². The Morgan fingerprint density at radius 3 is 2.54 bits per heavy atom. The van der Waals surface area contributed by atoms with Crippen molar-refractivity contribution in [3.8, 4) is 16.9 Å². The molecule has 186 valence electrons. The zero-order valence-corrected chi connectivity index (χ0v) is 22.8. The maximum absolute atomic E-state index is 13.2. The molecular formula is C26H15BrFNO5S3. The lowest BCUT2D eigenvalue weighted by Gasteiger charge is -2.15. The van der Waals surface area contributed by atoms with Gasteiger partial charge in [0.25, 0.3) is 5.91 Å². The first-order chi connectivity index (χ1) is 17.8. The van der Waals surface area contributed by atoms with Gasteiger partial charge in [0.1, 0.15) is 21.5 Å². The number of thioether (sulfide) groups is 1. The molecule has 1 aliphatic rings. The van der Waals surface area contributed by atoms with Crippen molar-refractivity contribution in [2.75, 3.05) is 6.54 Å². The Kier molecular flexibility index (Phi) is 7.38. The number of amides is 1. The van der Waals surface area contributed by atoms with E-state index in [0.717, 1.165) is 33.1 Å². The fourth-order valence-electron chi connectivity index (χ4n) is 3.68. The van der Waals surface area contributed by atoms with Crippen LogP contribution in [0.4, 0.5) is 4.39 Å². The Bertz CT molecular complexity index is 1630. The molecule has 11 heteroatoms. The maximum atomic E-state index is 13.2. The van der Waals surface area contributed by atoms with Crippen LogP contribution in [0.2, 0.25) is 0 Å². The first-order valence-corrected chi connectivity index (χ1v) is 13.7.